The first-order chi connectivity index (χ1) is 6.66. The van der Waals surface area contributed by atoms with Crippen LogP contribution in [-0.2, 0) is 6.42 Å². The summed E-state index contributed by atoms with van der Waals surface area (Å²) in [7, 11) is 0. The predicted molar refractivity (Wildman–Crippen MR) is 53.3 cm³/mol. The molecule has 0 radical (unpaired) electrons. The first-order valence-electron chi connectivity index (χ1n) is 4.30. The Morgan fingerprint density at radius 3 is 3.07 bits per heavy atom. The molecule has 5 heteroatoms. The van der Waals surface area contributed by atoms with Gasteiger partial charge in [0, 0.05) is 12.6 Å². The molecule has 14 heavy (non-hydrogen) atoms. The molecule has 0 saturated carbocycles. The lowest BCUT2D eigenvalue weighted by Crippen LogP contribution is -2.12. The van der Waals surface area contributed by atoms with Gasteiger partial charge >= 0.3 is 0 Å². The van der Waals surface area contributed by atoms with E-state index >= 15 is 0 Å². The molecule has 0 aliphatic heterocycles. The van der Waals surface area contributed by atoms with Crippen LogP contribution in [0.1, 0.15) is 11.4 Å². The van der Waals surface area contributed by atoms with Gasteiger partial charge in [-0.3, -0.25) is 9.81 Å². The SMILES string of the molecule is Cc1nnc2cc(CC(=N)N)ccn12. The number of nitrogens with one attached hydrogen (secondary N) is 1. The van der Waals surface area contributed by atoms with Crippen LogP contribution < -0.4 is 5.73 Å². The summed E-state index contributed by atoms with van der Waals surface area (Å²) in [5.41, 5.74) is 7.09. The van der Waals surface area contributed by atoms with Crippen LogP contribution in [0.25, 0.3) is 5.65 Å². The fourth-order valence-corrected chi connectivity index (χ4v) is 1.38. The lowest BCUT2D eigenvalue weighted by molar-refractivity contribution is 1.00. The number of amidine groups is 1. The largest absolute Gasteiger partial charge is 0.387 e. The quantitative estimate of drug-likeness (QED) is 0.533. The highest BCUT2D eigenvalue weighted by molar-refractivity contribution is 5.79. The van der Waals surface area contributed by atoms with E-state index in [1.54, 1.807) is 0 Å². The Bertz CT molecular complexity index is 485. The number of hydrogen-bond acceptors (Lipinski definition) is 3. The first kappa shape index (κ1) is 8.68. The number of hydrogen-bond donors (Lipinski definition) is 2. The molecule has 0 fully saturated rings. The lowest BCUT2D eigenvalue weighted by Gasteiger charge is -2.00. The van der Waals surface area contributed by atoms with E-state index in [9.17, 15) is 0 Å². The second kappa shape index (κ2) is 3.10. The van der Waals surface area contributed by atoms with Gasteiger partial charge < -0.3 is 5.73 Å². The van der Waals surface area contributed by atoms with Crippen LogP contribution in [0.2, 0.25) is 0 Å². The molecule has 2 aromatic rings. The molecule has 0 atom stereocenters. The maximum atomic E-state index is 7.18. The molecular formula is C9H11N5. The standard InChI is InChI=1S/C9H11N5/c1-6-12-13-9-5-7(4-8(10)11)2-3-14(6)9/h2-3,5H,4H2,1H3,(H3,10,11). The summed E-state index contributed by atoms with van der Waals surface area (Å²) >= 11 is 0. The highest BCUT2D eigenvalue weighted by atomic mass is 15.2. The van der Waals surface area contributed by atoms with Gasteiger partial charge in [0.1, 0.15) is 5.82 Å². The van der Waals surface area contributed by atoms with Crippen LogP contribution in [0.15, 0.2) is 18.3 Å². The summed E-state index contributed by atoms with van der Waals surface area (Å²) in [5.74, 6) is 1.01. The van der Waals surface area contributed by atoms with Crippen molar-refractivity contribution >= 4 is 11.5 Å². The monoisotopic (exact) mass is 189 g/mol. The lowest BCUT2D eigenvalue weighted by atomic mass is 10.2. The zero-order valence-corrected chi connectivity index (χ0v) is 7.86. The molecule has 5 nitrogen and oxygen atoms in total. The first-order valence-corrected chi connectivity index (χ1v) is 4.30. The van der Waals surface area contributed by atoms with Gasteiger partial charge in [0.25, 0.3) is 0 Å². The predicted octanol–water partition coefficient (Wildman–Crippen LogP) is 0.516. The van der Waals surface area contributed by atoms with E-state index in [1.807, 2.05) is 29.7 Å². The van der Waals surface area contributed by atoms with Crippen LogP contribution in [0, 0.1) is 12.3 Å². The van der Waals surface area contributed by atoms with Crippen molar-refractivity contribution in [2.75, 3.05) is 0 Å². The minimum atomic E-state index is 0.158. The van der Waals surface area contributed by atoms with E-state index in [-0.39, 0.29) is 5.84 Å². The third kappa shape index (κ3) is 1.44. The van der Waals surface area contributed by atoms with Crippen molar-refractivity contribution in [1.82, 2.24) is 14.6 Å². The van der Waals surface area contributed by atoms with Gasteiger partial charge in [0.15, 0.2) is 5.65 Å². The van der Waals surface area contributed by atoms with E-state index in [2.05, 4.69) is 10.2 Å². The Hall–Kier alpha value is -1.91. The molecule has 0 aromatic carbocycles. The number of aromatic nitrogens is 3. The van der Waals surface area contributed by atoms with Gasteiger partial charge in [-0.25, -0.2) is 0 Å². The van der Waals surface area contributed by atoms with Crippen molar-refractivity contribution in [3.8, 4) is 0 Å². The minimum Gasteiger partial charge on any atom is -0.387 e. The van der Waals surface area contributed by atoms with E-state index in [4.69, 9.17) is 11.1 Å². The molecule has 2 aromatic heterocycles. The maximum absolute atomic E-state index is 7.18. The number of rotatable bonds is 2. The molecule has 0 bridgehead atoms. The Kier molecular flexibility index (Phi) is 1.92. The molecule has 0 aliphatic rings. The summed E-state index contributed by atoms with van der Waals surface area (Å²) < 4.78 is 1.89. The highest BCUT2D eigenvalue weighted by Gasteiger charge is 2.02. The normalized spacial score (nSPS) is 10.6. The van der Waals surface area contributed by atoms with Crippen LogP contribution in [0.4, 0.5) is 0 Å². The molecule has 2 rings (SSSR count). The van der Waals surface area contributed by atoms with Crippen molar-refractivity contribution in [2.45, 2.75) is 13.3 Å². The zero-order valence-electron chi connectivity index (χ0n) is 7.86. The van der Waals surface area contributed by atoms with Crippen molar-refractivity contribution in [1.29, 1.82) is 5.41 Å². The van der Waals surface area contributed by atoms with Gasteiger partial charge in [-0.15, -0.1) is 10.2 Å². The molecular weight excluding hydrogens is 178 g/mol. The van der Waals surface area contributed by atoms with Gasteiger partial charge in [-0.1, -0.05) is 0 Å². The van der Waals surface area contributed by atoms with E-state index in [0.717, 1.165) is 17.0 Å². The maximum Gasteiger partial charge on any atom is 0.161 e. The summed E-state index contributed by atoms with van der Waals surface area (Å²) in [6, 6.07) is 3.81. The van der Waals surface area contributed by atoms with Crippen molar-refractivity contribution in [3.63, 3.8) is 0 Å². The molecule has 2 heterocycles. The number of pyridine rings is 1. The average Bonchev–Trinajstić information content (AvgIpc) is 2.46. The molecule has 0 saturated heterocycles. The summed E-state index contributed by atoms with van der Waals surface area (Å²) in [6.45, 7) is 1.89. The Morgan fingerprint density at radius 2 is 2.36 bits per heavy atom. The Morgan fingerprint density at radius 1 is 1.57 bits per heavy atom. The van der Waals surface area contributed by atoms with E-state index in [0.29, 0.717) is 6.42 Å². The van der Waals surface area contributed by atoms with E-state index in [1.165, 1.54) is 0 Å². The molecule has 72 valence electrons. The second-order valence-electron chi connectivity index (χ2n) is 3.21. The summed E-state index contributed by atoms with van der Waals surface area (Å²) in [5, 5.41) is 15.1. The summed E-state index contributed by atoms with van der Waals surface area (Å²) in [6.07, 6.45) is 2.35. The minimum absolute atomic E-state index is 0.158. The molecule has 0 spiro atoms. The third-order valence-corrected chi connectivity index (χ3v) is 2.04. The molecule has 0 unspecified atom stereocenters. The number of nitrogens with two attached hydrogens (primary N) is 1. The zero-order chi connectivity index (χ0) is 10.1. The van der Waals surface area contributed by atoms with Crippen LogP contribution >= 0.6 is 0 Å². The second-order valence-corrected chi connectivity index (χ2v) is 3.21. The molecule has 0 aliphatic carbocycles. The van der Waals surface area contributed by atoms with E-state index < -0.39 is 0 Å². The highest BCUT2D eigenvalue weighted by Crippen LogP contribution is 2.07. The molecule has 3 N–H and O–H groups in total. The fraction of sp³-hybridized carbons (Fsp3) is 0.222. The van der Waals surface area contributed by atoms with Gasteiger partial charge in [-0.05, 0) is 24.6 Å². The van der Waals surface area contributed by atoms with Crippen LogP contribution in [0.3, 0.4) is 0 Å². The van der Waals surface area contributed by atoms with Crippen molar-refractivity contribution in [3.05, 3.63) is 29.7 Å². The van der Waals surface area contributed by atoms with Gasteiger partial charge in [0.2, 0.25) is 0 Å². The topological polar surface area (TPSA) is 80.1 Å². The number of nitrogens with zero attached hydrogens (tertiary/aromatic N) is 3. The smallest absolute Gasteiger partial charge is 0.161 e. The van der Waals surface area contributed by atoms with Crippen LogP contribution in [-0.4, -0.2) is 20.4 Å². The van der Waals surface area contributed by atoms with Crippen molar-refractivity contribution in [2.24, 2.45) is 5.73 Å². The molecule has 0 amide bonds. The third-order valence-electron chi connectivity index (χ3n) is 2.04. The van der Waals surface area contributed by atoms with Crippen molar-refractivity contribution < 1.29 is 0 Å². The average molecular weight is 189 g/mol. The van der Waals surface area contributed by atoms with Gasteiger partial charge in [0.05, 0.1) is 5.84 Å². The summed E-state index contributed by atoms with van der Waals surface area (Å²) in [4.78, 5) is 0. The number of fused-ring (bicyclic) bond motifs is 1. The number of aryl methyl sites for hydroxylation is 1. The Balaban J connectivity index is 2.46. The van der Waals surface area contributed by atoms with Gasteiger partial charge in [-0.2, -0.15) is 0 Å². The Labute approximate surface area is 81.1 Å². The van der Waals surface area contributed by atoms with Crippen LogP contribution in [0.5, 0.6) is 0 Å². The fourth-order valence-electron chi connectivity index (χ4n) is 1.38.